The maximum Gasteiger partial charge on any atom is 0.274 e. The minimum absolute atomic E-state index is 0.0208. The van der Waals surface area contributed by atoms with Gasteiger partial charge in [0.1, 0.15) is 5.69 Å². The van der Waals surface area contributed by atoms with E-state index in [1.807, 2.05) is 30.3 Å². The third-order valence-corrected chi connectivity index (χ3v) is 4.40. The number of aromatic nitrogens is 2. The summed E-state index contributed by atoms with van der Waals surface area (Å²) in [6, 6.07) is 11.0. The first-order valence-corrected chi connectivity index (χ1v) is 8.26. The average Bonchev–Trinajstić information content (AvgIpc) is 3.03. The van der Waals surface area contributed by atoms with Gasteiger partial charge in [0.15, 0.2) is 0 Å². The minimum Gasteiger partial charge on any atom is -0.376 e. The number of nitrogens with one attached hydrogen (secondary N) is 1. The Morgan fingerprint density at radius 1 is 1.40 bits per heavy atom. The molecule has 2 heterocycles. The number of amides is 1. The quantitative estimate of drug-likeness (QED) is 0.903. The van der Waals surface area contributed by atoms with Crippen LogP contribution in [0.1, 0.15) is 28.2 Å². The Morgan fingerprint density at radius 2 is 2.16 bits per heavy atom. The minimum atomic E-state index is -2.84. The maximum atomic E-state index is 14.2. The number of carbonyl (C=O) groups excluding carboxylic acids is 1. The third kappa shape index (κ3) is 4.22. The lowest BCUT2D eigenvalue weighted by Crippen LogP contribution is -2.51. The summed E-state index contributed by atoms with van der Waals surface area (Å²) in [5.74, 6) is -4.18. The average molecular weight is 349 g/mol. The van der Waals surface area contributed by atoms with Crippen LogP contribution in [0.25, 0.3) is 0 Å². The summed E-state index contributed by atoms with van der Waals surface area (Å²) >= 11 is 0. The van der Waals surface area contributed by atoms with Crippen LogP contribution >= 0.6 is 0 Å². The van der Waals surface area contributed by atoms with E-state index in [-0.39, 0.29) is 44.3 Å². The second-order valence-corrected chi connectivity index (χ2v) is 6.40. The smallest absolute Gasteiger partial charge is 0.274 e. The molecule has 1 aromatic heterocycles. The molecule has 25 heavy (non-hydrogen) atoms. The van der Waals surface area contributed by atoms with E-state index in [9.17, 15) is 13.6 Å². The number of rotatable bonds is 5. The number of piperidine rings is 1. The van der Waals surface area contributed by atoms with Crippen molar-refractivity contribution in [3.8, 4) is 0 Å². The zero-order valence-corrected chi connectivity index (χ0v) is 14.0. The highest BCUT2D eigenvalue weighted by molar-refractivity contribution is 5.92. The standard InChI is InChI=1S/C18H21F2N3O2/c1-13-9-16(22-21-13)17(24)23-8-7-18(19,20)15(10-23)12-25-11-14-5-3-2-4-6-14/h2-6,9,15H,7-8,10-12H2,1H3,(H,21,22). The fraction of sp³-hybridized carbons (Fsp3) is 0.444. The van der Waals surface area contributed by atoms with Crippen molar-refractivity contribution in [3.63, 3.8) is 0 Å². The van der Waals surface area contributed by atoms with Gasteiger partial charge in [-0.05, 0) is 18.6 Å². The summed E-state index contributed by atoms with van der Waals surface area (Å²) in [6.07, 6.45) is -0.360. The molecule has 1 aliphatic heterocycles. The molecule has 0 bridgehead atoms. The first-order chi connectivity index (χ1) is 12.0. The second kappa shape index (κ2) is 7.31. The van der Waals surface area contributed by atoms with Crippen molar-refractivity contribution in [2.45, 2.75) is 25.9 Å². The van der Waals surface area contributed by atoms with Gasteiger partial charge in [0.05, 0.1) is 19.1 Å². The molecule has 2 aromatic rings. The molecule has 7 heteroatoms. The first kappa shape index (κ1) is 17.5. The number of hydrogen-bond acceptors (Lipinski definition) is 3. The van der Waals surface area contributed by atoms with Crippen LogP contribution in [0.4, 0.5) is 8.78 Å². The maximum absolute atomic E-state index is 14.2. The number of H-pyrrole nitrogens is 1. The lowest BCUT2D eigenvalue weighted by Gasteiger charge is -2.38. The predicted octanol–water partition coefficient (Wildman–Crippen LogP) is 3.03. The number of carbonyl (C=O) groups is 1. The van der Waals surface area contributed by atoms with Crippen molar-refractivity contribution in [1.82, 2.24) is 15.1 Å². The van der Waals surface area contributed by atoms with Gasteiger partial charge in [-0.1, -0.05) is 30.3 Å². The Bertz CT molecular complexity index is 718. The fourth-order valence-electron chi connectivity index (χ4n) is 2.92. The highest BCUT2D eigenvalue weighted by atomic mass is 19.3. The number of alkyl halides is 2. The molecule has 134 valence electrons. The summed E-state index contributed by atoms with van der Waals surface area (Å²) in [6.45, 7) is 1.96. The lowest BCUT2D eigenvalue weighted by molar-refractivity contribution is -0.124. The van der Waals surface area contributed by atoms with Gasteiger partial charge in [-0.3, -0.25) is 9.89 Å². The Morgan fingerprint density at radius 3 is 2.84 bits per heavy atom. The van der Waals surface area contributed by atoms with Crippen molar-refractivity contribution in [1.29, 1.82) is 0 Å². The normalized spacial score (nSPS) is 19.8. The first-order valence-electron chi connectivity index (χ1n) is 8.26. The van der Waals surface area contributed by atoms with E-state index in [0.29, 0.717) is 0 Å². The highest BCUT2D eigenvalue weighted by Gasteiger charge is 2.45. The number of ether oxygens (including phenoxy) is 1. The molecule has 1 N–H and O–H groups in total. The molecule has 1 aliphatic rings. The predicted molar refractivity (Wildman–Crippen MR) is 88.4 cm³/mol. The molecule has 3 rings (SSSR count). The Balaban J connectivity index is 1.60. The van der Waals surface area contributed by atoms with Gasteiger partial charge in [-0.25, -0.2) is 8.78 Å². The molecule has 0 aliphatic carbocycles. The van der Waals surface area contributed by atoms with Gasteiger partial charge < -0.3 is 9.64 Å². The van der Waals surface area contributed by atoms with E-state index in [1.54, 1.807) is 13.0 Å². The van der Waals surface area contributed by atoms with Gasteiger partial charge >= 0.3 is 0 Å². The molecular formula is C18H21F2N3O2. The summed E-state index contributed by atoms with van der Waals surface area (Å²) in [4.78, 5) is 13.9. The number of aromatic amines is 1. The number of benzene rings is 1. The molecule has 1 fully saturated rings. The van der Waals surface area contributed by atoms with Crippen LogP contribution in [0.3, 0.4) is 0 Å². The summed E-state index contributed by atoms with van der Waals surface area (Å²) in [7, 11) is 0. The third-order valence-electron chi connectivity index (χ3n) is 4.40. The van der Waals surface area contributed by atoms with Crippen molar-refractivity contribution < 1.29 is 18.3 Å². The monoisotopic (exact) mass is 349 g/mol. The van der Waals surface area contributed by atoms with E-state index in [1.165, 1.54) is 4.90 Å². The van der Waals surface area contributed by atoms with E-state index in [2.05, 4.69) is 10.2 Å². The molecule has 1 amide bonds. The van der Waals surface area contributed by atoms with E-state index < -0.39 is 11.8 Å². The van der Waals surface area contributed by atoms with Crippen molar-refractivity contribution in [3.05, 3.63) is 53.3 Å². The molecule has 0 spiro atoms. The number of aryl methyl sites for hydroxylation is 1. The molecule has 0 saturated carbocycles. The lowest BCUT2D eigenvalue weighted by atomic mass is 9.94. The second-order valence-electron chi connectivity index (χ2n) is 6.40. The molecule has 1 saturated heterocycles. The SMILES string of the molecule is Cc1cc(C(=O)N2CCC(F)(F)C(COCc3ccccc3)C2)n[nH]1. The van der Waals surface area contributed by atoms with Gasteiger partial charge in [-0.2, -0.15) is 5.10 Å². The number of halogens is 2. The van der Waals surface area contributed by atoms with E-state index >= 15 is 0 Å². The van der Waals surface area contributed by atoms with Crippen molar-refractivity contribution in [2.24, 2.45) is 5.92 Å². The van der Waals surface area contributed by atoms with Gasteiger partial charge in [-0.15, -0.1) is 0 Å². The summed E-state index contributed by atoms with van der Waals surface area (Å²) in [5, 5.41) is 6.62. The van der Waals surface area contributed by atoms with Crippen LogP contribution in [0.5, 0.6) is 0 Å². The molecule has 0 radical (unpaired) electrons. The topological polar surface area (TPSA) is 58.2 Å². The highest BCUT2D eigenvalue weighted by Crippen LogP contribution is 2.34. The van der Waals surface area contributed by atoms with Crippen LogP contribution in [-0.2, 0) is 11.3 Å². The molecule has 5 nitrogen and oxygen atoms in total. The zero-order chi connectivity index (χ0) is 17.9. The van der Waals surface area contributed by atoms with Crippen LogP contribution in [-0.4, -0.2) is 46.6 Å². The number of likely N-dealkylation sites (tertiary alicyclic amines) is 1. The Labute approximate surface area is 145 Å². The molecule has 1 atom stereocenters. The number of hydrogen-bond donors (Lipinski definition) is 1. The number of nitrogens with zero attached hydrogens (tertiary/aromatic N) is 2. The Hall–Kier alpha value is -2.28. The largest absolute Gasteiger partial charge is 0.376 e. The van der Waals surface area contributed by atoms with Crippen molar-refractivity contribution >= 4 is 5.91 Å². The van der Waals surface area contributed by atoms with Crippen molar-refractivity contribution in [2.75, 3.05) is 19.7 Å². The zero-order valence-electron chi connectivity index (χ0n) is 14.0. The van der Waals surface area contributed by atoms with E-state index in [4.69, 9.17) is 4.74 Å². The van der Waals surface area contributed by atoms with Gasteiger partial charge in [0.25, 0.3) is 11.8 Å². The fourth-order valence-corrected chi connectivity index (χ4v) is 2.92. The van der Waals surface area contributed by atoms with Crippen LogP contribution < -0.4 is 0 Å². The summed E-state index contributed by atoms with van der Waals surface area (Å²) < 4.78 is 33.9. The molecule has 1 aromatic carbocycles. The van der Waals surface area contributed by atoms with Crippen LogP contribution in [0.15, 0.2) is 36.4 Å². The molecular weight excluding hydrogens is 328 g/mol. The van der Waals surface area contributed by atoms with Crippen LogP contribution in [0.2, 0.25) is 0 Å². The van der Waals surface area contributed by atoms with Gasteiger partial charge in [0, 0.05) is 25.2 Å². The Kier molecular flexibility index (Phi) is 5.13. The molecule has 1 unspecified atom stereocenters. The van der Waals surface area contributed by atoms with Gasteiger partial charge in [0.2, 0.25) is 0 Å². The van der Waals surface area contributed by atoms with Crippen LogP contribution in [0, 0.1) is 12.8 Å². The van der Waals surface area contributed by atoms with E-state index in [0.717, 1.165) is 11.3 Å². The summed E-state index contributed by atoms with van der Waals surface area (Å²) in [5.41, 5.74) is 1.95.